The van der Waals surface area contributed by atoms with Crippen molar-refractivity contribution in [2.24, 2.45) is 0 Å². The lowest BCUT2D eigenvalue weighted by Crippen LogP contribution is -2.29. The quantitative estimate of drug-likeness (QED) is 0.227. The first-order chi connectivity index (χ1) is 16.0. The highest BCUT2D eigenvalue weighted by atomic mass is 79.9. The fraction of sp³-hybridized carbons (Fsp3) is 0.538. The van der Waals surface area contributed by atoms with Crippen LogP contribution in [0.4, 0.5) is 4.39 Å². The second kappa shape index (κ2) is 15.5. The average molecular weight is 544 g/mol. The van der Waals surface area contributed by atoms with E-state index in [1.807, 2.05) is 12.1 Å². The van der Waals surface area contributed by atoms with Crippen molar-refractivity contribution in [1.29, 1.82) is 0 Å². The Balaban J connectivity index is 1.86. The number of rotatable bonds is 16. The maximum atomic E-state index is 13.3. The SMILES string of the molecule is CCCCN(CCCC)CCCNCc1cc(Br)c(OCc2ccc(F)cc2Cl)c(OC)c1. The number of ether oxygens (including phenoxy) is 2. The Bertz CT molecular complexity index is 845. The Kier molecular flexibility index (Phi) is 13.1. The van der Waals surface area contributed by atoms with Crippen molar-refractivity contribution in [2.45, 2.75) is 59.1 Å². The molecule has 2 rings (SSSR count). The van der Waals surface area contributed by atoms with E-state index in [-0.39, 0.29) is 12.4 Å². The van der Waals surface area contributed by atoms with Crippen LogP contribution in [-0.4, -0.2) is 38.2 Å². The van der Waals surface area contributed by atoms with Crippen LogP contribution in [0.25, 0.3) is 0 Å². The zero-order chi connectivity index (χ0) is 24.1. The summed E-state index contributed by atoms with van der Waals surface area (Å²) in [6.45, 7) is 9.98. The van der Waals surface area contributed by atoms with E-state index in [0.29, 0.717) is 22.1 Å². The van der Waals surface area contributed by atoms with E-state index in [1.165, 1.54) is 50.9 Å². The van der Waals surface area contributed by atoms with E-state index >= 15 is 0 Å². The molecule has 0 amide bonds. The fourth-order valence-electron chi connectivity index (χ4n) is 3.56. The molecule has 0 aromatic heterocycles. The summed E-state index contributed by atoms with van der Waals surface area (Å²) in [5, 5.41) is 3.88. The van der Waals surface area contributed by atoms with Crippen molar-refractivity contribution in [1.82, 2.24) is 10.2 Å². The predicted octanol–water partition coefficient (Wildman–Crippen LogP) is 7.21. The predicted molar refractivity (Wildman–Crippen MR) is 139 cm³/mol. The highest BCUT2D eigenvalue weighted by Gasteiger charge is 2.13. The molecule has 4 nitrogen and oxygen atoms in total. The molecule has 0 fully saturated rings. The minimum absolute atomic E-state index is 0.220. The maximum Gasteiger partial charge on any atom is 0.175 e. The first-order valence-electron chi connectivity index (χ1n) is 11.8. The van der Waals surface area contributed by atoms with Gasteiger partial charge in [-0.05, 0) is 91.2 Å². The largest absolute Gasteiger partial charge is 0.493 e. The van der Waals surface area contributed by atoms with Gasteiger partial charge in [0.1, 0.15) is 12.4 Å². The van der Waals surface area contributed by atoms with Gasteiger partial charge in [-0.2, -0.15) is 0 Å². The van der Waals surface area contributed by atoms with Gasteiger partial charge in [-0.15, -0.1) is 0 Å². The molecule has 0 spiro atoms. The summed E-state index contributed by atoms with van der Waals surface area (Å²) in [5.74, 6) is 0.878. The van der Waals surface area contributed by atoms with Crippen molar-refractivity contribution < 1.29 is 13.9 Å². The number of unbranched alkanes of at least 4 members (excludes halogenated alkanes) is 2. The van der Waals surface area contributed by atoms with Gasteiger partial charge >= 0.3 is 0 Å². The summed E-state index contributed by atoms with van der Waals surface area (Å²) in [6, 6.07) is 8.30. The van der Waals surface area contributed by atoms with Crippen LogP contribution in [0.1, 0.15) is 57.1 Å². The highest BCUT2D eigenvalue weighted by molar-refractivity contribution is 9.10. The number of methoxy groups -OCH3 is 1. The third kappa shape index (κ3) is 9.81. The van der Waals surface area contributed by atoms with E-state index in [0.717, 1.165) is 36.1 Å². The first kappa shape index (κ1) is 27.9. The molecule has 2 aromatic rings. The summed E-state index contributed by atoms with van der Waals surface area (Å²) < 4.78 is 25.6. The Labute approximate surface area is 211 Å². The van der Waals surface area contributed by atoms with E-state index in [2.05, 4.69) is 40.0 Å². The standard InChI is InChI=1S/C26H37BrClFN2O2/c1-4-6-12-31(13-7-5-2)14-8-11-30-18-20-15-23(27)26(25(16-20)32-3)33-19-21-9-10-22(29)17-24(21)28/h9-10,15-17,30H,4-8,11-14,18-19H2,1-3H3. The second-order valence-electron chi connectivity index (χ2n) is 8.21. The van der Waals surface area contributed by atoms with Crippen molar-refractivity contribution in [2.75, 3.05) is 33.3 Å². The van der Waals surface area contributed by atoms with E-state index in [4.69, 9.17) is 21.1 Å². The molecule has 1 N–H and O–H groups in total. The van der Waals surface area contributed by atoms with E-state index in [9.17, 15) is 4.39 Å². The zero-order valence-corrected chi connectivity index (χ0v) is 22.4. The molecule has 7 heteroatoms. The van der Waals surface area contributed by atoms with Crippen LogP contribution in [0, 0.1) is 5.82 Å². The van der Waals surface area contributed by atoms with Gasteiger partial charge in [0.05, 0.1) is 16.6 Å². The topological polar surface area (TPSA) is 33.7 Å². The highest BCUT2D eigenvalue weighted by Crippen LogP contribution is 2.37. The normalized spacial score (nSPS) is 11.2. The molecule has 0 aliphatic heterocycles. The van der Waals surface area contributed by atoms with Gasteiger partial charge in [0.25, 0.3) is 0 Å². The Morgan fingerprint density at radius 2 is 1.73 bits per heavy atom. The van der Waals surface area contributed by atoms with Gasteiger partial charge in [-0.1, -0.05) is 44.4 Å². The second-order valence-corrected chi connectivity index (χ2v) is 9.47. The summed E-state index contributed by atoms with van der Waals surface area (Å²) in [6.07, 6.45) is 6.16. The molecular weight excluding hydrogens is 507 g/mol. The minimum Gasteiger partial charge on any atom is -0.493 e. The number of halogens is 3. The monoisotopic (exact) mass is 542 g/mol. The zero-order valence-electron chi connectivity index (χ0n) is 20.1. The van der Waals surface area contributed by atoms with Gasteiger partial charge in [0.15, 0.2) is 11.5 Å². The number of benzene rings is 2. The van der Waals surface area contributed by atoms with Crippen molar-refractivity contribution in [3.05, 3.63) is 56.8 Å². The maximum absolute atomic E-state index is 13.3. The number of nitrogens with zero attached hydrogens (tertiary/aromatic N) is 1. The molecule has 0 heterocycles. The van der Waals surface area contributed by atoms with Gasteiger partial charge in [-0.3, -0.25) is 0 Å². The molecule has 0 atom stereocenters. The molecule has 0 saturated carbocycles. The van der Waals surface area contributed by atoms with Crippen LogP contribution in [0.15, 0.2) is 34.8 Å². The Morgan fingerprint density at radius 3 is 2.36 bits per heavy atom. The molecule has 33 heavy (non-hydrogen) atoms. The fourth-order valence-corrected chi connectivity index (χ4v) is 4.39. The lowest BCUT2D eigenvalue weighted by Gasteiger charge is -2.22. The van der Waals surface area contributed by atoms with Crippen LogP contribution in [0.2, 0.25) is 5.02 Å². The van der Waals surface area contributed by atoms with Crippen LogP contribution < -0.4 is 14.8 Å². The molecule has 0 aliphatic rings. The van der Waals surface area contributed by atoms with Crippen LogP contribution in [0.3, 0.4) is 0 Å². The molecule has 0 aliphatic carbocycles. The third-order valence-corrected chi connectivity index (χ3v) is 6.43. The molecule has 0 radical (unpaired) electrons. The third-order valence-electron chi connectivity index (χ3n) is 5.49. The number of nitrogens with one attached hydrogen (secondary N) is 1. The molecule has 0 unspecified atom stereocenters. The summed E-state index contributed by atoms with van der Waals surface area (Å²) in [5.41, 5.74) is 1.82. The molecule has 0 bridgehead atoms. The average Bonchev–Trinajstić information content (AvgIpc) is 2.80. The van der Waals surface area contributed by atoms with Crippen molar-refractivity contribution in [3.8, 4) is 11.5 Å². The van der Waals surface area contributed by atoms with Gasteiger partial charge in [0.2, 0.25) is 0 Å². The van der Waals surface area contributed by atoms with E-state index in [1.54, 1.807) is 13.2 Å². The van der Waals surface area contributed by atoms with Crippen LogP contribution in [-0.2, 0) is 13.2 Å². The van der Waals surface area contributed by atoms with Gasteiger partial charge in [0, 0.05) is 12.1 Å². The van der Waals surface area contributed by atoms with Crippen LogP contribution >= 0.6 is 27.5 Å². The van der Waals surface area contributed by atoms with Crippen LogP contribution in [0.5, 0.6) is 11.5 Å². The molecule has 0 saturated heterocycles. The number of hydrogen-bond donors (Lipinski definition) is 1. The van der Waals surface area contributed by atoms with Gasteiger partial charge in [-0.25, -0.2) is 4.39 Å². The first-order valence-corrected chi connectivity index (χ1v) is 13.0. The number of hydrogen-bond acceptors (Lipinski definition) is 4. The Morgan fingerprint density at radius 1 is 1.03 bits per heavy atom. The minimum atomic E-state index is -0.367. The lowest BCUT2D eigenvalue weighted by molar-refractivity contribution is 0.261. The summed E-state index contributed by atoms with van der Waals surface area (Å²) in [7, 11) is 1.62. The molecule has 2 aromatic carbocycles. The Hall–Kier alpha value is -1.34. The van der Waals surface area contributed by atoms with E-state index < -0.39 is 0 Å². The van der Waals surface area contributed by atoms with Crippen molar-refractivity contribution >= 4 is 27.5 Å². The molecule has 184 valence electrons. The molecular formula is C26H37BrClFN2O2. The van der Waals surface area contributed by atoms with Gasteiger partial charge < -0.3 is 19.7 Å². The smallest absolute Gasteiger partial charge is 0.175 e. The summed E-state index contributed by atoms with van der Waals surface area (Å²) >= 11 is 9.71. The van der Waals surface area contributed by atoms with Crippen molar-refractivity contribution in [3.63, 3.8) is 0 Å². The lowest BCUT2D eigenvalue weighted by atomic mass is 10.2. The summed E-state index contributed by atoms with van der Waals surface area (Å²) in [4.78, 5) is 2.59.